The van der Waals surface area contributed by atoms with E-state index in [9.17, 15) is 0 Å². The van der Waals surface area contributed by atoms with Crippen LogP contribution in [0.1, 0.15) is 106 Å². The lowest BCUT2D eigenvalue weighted by atomic mass is 9.84. The number of hydrogen-bond donors (Lipinski definition) is 0. The first kappa shape index (κ1) is 20.0. The van der Waals surface area contributed by atoms with Gasteiger partial charge in [-0.3, -0.25) is 0 Å². The third kappa shape index (κ3) is 7.51. The second-order valence-corrected chi connectivity index (χ2v) is 8.83. The highest BCUT2D eigenvalue weighted by Crippen LogP contribution is 2.51. The average molecular weight is 309 g/mol. The number of rotatable bonds is 13. The molecule has 0 bridgehead atoms. The molecule has 0 spiro atoms. The lowest BCUT2D eigenvalue weighted by Gasteiger charge is -2.21. The minimum atomic E-state index is 0.887. The van der Waals surface area contributed by atoms with Gasteiger partial charge in [-0.15, -0.1) is 0 Å². The molecule has 0 nitrogen and oxygen atoms in total. The van der Waals surface area contributed by atoms with E-state index in [1.165, 1.54) is 57.8 Å². The van der Waals surface area contributed by atoms with Gasteiger partial charge in [0.15, 0.2) is 0 Å². The maximum Gasteiger partial charge on any atom is -0.0355 e. The molecule has 0 amide bonds. The van der Waals surface area contributed by atoms with E-state index >= 15 is 0 Å². The summed E-state index contributed by atoms with van der Waals surface area (Å²) in [6, 6.07) is 0. The predicted molar refractivity (Wildman–Crippen MR) is 101 cm³/mol. The third-order valence-electron chi connectivity index (χ3n) is 6.40. The van der Waals surface area contributed by atoms with Crippen LogP contribution in [0, 0.1) is 35.5 Å². The zero-order chi connectivity index (χ0) is 16.5. The van der Waals surface area contributed by atoms with Gasteiger partial charge in [-0.2, -0.15) is 0 Å². The van der Waals surface area contributed by atoms with Crippen LogP contribution >= 0.6 is 0 Å². The summed E-state index contributed by atoms with van der Waals surface area (Å²) in [7, 11) is 0. The van der Waals surface area contributed by atoms with E-state index in [4.69, 9.17) is 0 Å². The van der Waals surface area contributed by atoms with Crippen LogP contribution in [0.4, 0.5) is 0 Å². The molecule has 0 heterocycles. The van der Waals surface area contributed by atoms with E-state index in [1.807, 2.05) is 0 Å². The lowest BCUT2D eigenvalue weighted by Crippen LogP contribution is -2.12. The number of unbranched alkanes of at least 4 members (excludes halogenated alkanes) is 2. The van der Waals surface area contributed by atoms with Gasteiger partial charge in [0.1, 0.15) is 0 Å². The first-order chi connectivity index (χ1) is 10.5. The van der Waals surface area contributed by atoms with Crippen LogP contribution in [0.2, 0.25) is 0 Å². The summed E-state index contributed by atoms with van der Waals surface area (Å²) >= 11 is 0. The van der Waals surface area contributed by atoms with Gasteiger partial charge >= 0.3 is 0 Å². The van der Waals surface area contributed by atoms with Gasteiger partial charge in [-0.25, -0.2) is 0 Å². The quantitative estimate of drug-likeness (QED) is 0.305. The highest BCUT2D eigenvalue weighted by molar-refractivity contribution is 4.92. The van der Waals surface area contributed by atoms with Crippen molar-refractivity contribution in [3.05, 3.63) is 0 Å². The maximum absolute atomic E-state index is 2.55. The molecule has 0 saturated heterocycles. The molecule has 0 radical (unpaired) electrons. The molecule has 1 rings (SSSR count). The Balaban J connectivity index is 2.15. The average Bonchev–Trinajstić information content (AvgIpc) is 3.24. The zero-order valence-corrected chi connectivity index (χ0v) is 16.5. The fraction of sp³-hybridized carbons (Fsp3) is 1.00. The molecule has 1 saturated carbocycles. The molecule has 0 aliphatic heterocycles. The van der Waals surface area contributed by atoms with Gasteiger partial charge in [0.05, 0.1) is 0 Å². The molecule has 22 heavy (non-hydrogen) atoms. The van der Waals surface area contributed by atoms with Gasteiger partial charge < -0.3 is 0 Å². The molecule has 1 aliphatic carbocycles. The SMILES string of the molecule is CCCC(CC)CC1CC1C(C)C(C)CCCCCC(C)C. The summed E-state index contributed by atoms with van der Waals surface area (Å²) in [4.78, 5) is 0. The molecule has 0 N–H and O–H groups in total. The molecule has 132 valence electrons. The van der Waals surface area contributed by atoms with E-state index in [1.54, 1.807) is 6.42 Å². The van der Waals surface area contributed by atoms with Crippen LogP contribution in [-0.4, -0.2) is 0 Å². The van der Waals surface area contributed by atoms with Crippen molar-refractivity contribution < 1.29 is 0 Å². The summed E-state index contributed by atoms with van der Waals surface area (Å²) in [5, 5.41) is 0. The smallest absolute Gasteiger partial charge is 0.0355 e. The summed E-state index contributed by atoms with van der Waals surface area (Å²) < 4.78 is 0. The number of hydrogen-bond acceptors (Lipinski definition) is 0. The molecular formula is C22H44. The van der Waals surface area contributed by atoms with Crippen LogP contribution in [0.3, 0.4) is 0 Å². The lowest BCUT2D eigenvalue weighted by molar-refractivity contribution is 0.290. The van der Waals surface area contributed by atoms with Crippen molar-refractivity contribution in [1.29, 1.82) is 0 Å². The maximum atomic E-state index is 2.55. The van der Waals surface area contributed by atoms with Gasteiger partial charge in [0.25, 0.3) is 0 Å². The van der Waals surface area contributed by atoms with Crippen molar-refractivity contribution in [3.63, 3.8) is 0 Å². The van der Waals surface area contributed by atoms with E-state index in [2.05, 4.69) is 41.5 Å². The van der Waals surface area contributed by atoms with Gasteiger partial charge in [0, 0.05) is 0 Å². The van der Waals surface area contributed by atoms with Crippen LogP contribution in [0.15, 0.2) is 0 Å². The Morgan fingerprint density at radius 2 is 1.55 bits per heavy atom. The van der Waals surface area contributed by atoms with E-state index in [0.29, 0.717) is 0 Å². The minimum absolute atomic E-state index is 0.887. The summed E-state index contributed by atoms with van der Waals surface area (Å²) in [6.45, 7) is 14.5. The van der Waals surface area contributed by atoms with Gasteiger partial charge in [-0.05, 0) is 48.3 Å². The fourth-order valence-electron chi connectivity index (χ4n) is 4.39. The van der Waals surface area contributed by atoms with E-state index in [0.717, 1.165) is 35.5 Å². The predicted octanol–water partition coefficient (Wildman–Crippen LogP) is 7.72. The van der Waals surface area contributed by atoms with Crippen molar-refractivity contribution in [2.24, 2.45) is 35.5 Å². The Morgan fingerprint density at radius 1 is 0.864 bits per heavy atom. The van der Waals surface area contributed by atoms with Crippen molar-refractivity contribution in [1.82, 2.24) is 0 Å². The molecule has 0 aromatic rings. The van der Waals surface area contributed by atoms with Crippen molar-refractivity contribution in [3.8, 4) is 0 Å². The molecule has 0 heteroatoms. The van der Waals surface area contributed by atoms with Gasteiger partial charge in [-0.1, -0.05) is 92.9 Å². The van der Waals surface area contributed by atoms with E-state index < -0.39 is 0 Å². The Labute approximate surface area is 141 Å². The Bertz CT molecular complexity index is 267. The standard InChI is InChI=1S/C22H44/c1-7-12-20(8-2)15-21-16-22(21)19(6)18(5)14-11-9-10-13-17(3)4/h17-22H,7-16H2,1-6H3. The summed E-state index contributed by atoms with van der Waals surface area (Å²) in [5.41, 5.74) is 0. The zero-order valence-electron chi connectivity index (χ0n) is 16.5. The summed E-state index contributed by atoms with van der Waals surface area (Å²) in [5.74, 6) is 5.96. The molecule has 0 aromatic carbocycles. The Kier molecular flexibility index (Phi) is 9.76. The first-order valence-electron chi connectivity index (χ1n) is 10.5. The first-order valence-corrected chi connectivity index (χ1v) is 10.5. The van der Waals surface area contributed by atoms with Crippen LogP contribution < -0.4 is 0 Å². The molecule has 5 unspecified atom stereocenters. The highest BCUT2D eigenvalue weighted by atomic mass is 14.5. The minimum Gasteiger partial charge on any atom is -0.0654 e. The van der Waals surface area contributed by atoms with Crippen LogP contribution in [-0.2, 0) is 0 Å². The largest absolute Gasteiger partial charge is 0.0654 e. The van der Waals surface area contributed by atoms with Gasteiger partial charge in [0.2, 0.25) is 0 Å². The van der Waals surface area contributed by atoms with Crippen molar-refractivity contribution >= 4 is 0 Å². The highest BCUT2D eigenvalue weighted by Gasteiger charge is 2.42. The molecular weight excluding hydrogens is 264 g/mol. The van der Waals surface area contributed by atoms with Crippen LogP contribution in [0.5, 0.6) is 0 Å². The second kappa shape index (κ2) is 10.7. The van der Waals surface area contributed by atoms with Crippen molar-refractivity contribution in [2.45, 2.75) is 106 Å². The monoisotopic (exact) mass is 308 g/mol. The van der Waals surface area contributed by atoms with E-state index in [-0.39, 0.29) is 0 Å². The molecule has 1 fully saturated rings. The Morgan fingerprint density at radius 3 is 2.14 bits per heavy atom. The topological polar surface area (TPSA) is 0 Å². The van der Waals surface area contributed by atoms with Crippen LogP contribution in [0.25, 0.3) is 0 Å². The third-order valence-corrected chi connectivity index (χ3v) is 6.40. The molecule has 0 aromatic heterocycles. The molecule has 5 atom stereocenters. The second-order valence-electron chi connectivity index (χ2n) is 8.83. The normalized spacial score (nSPS) is 25.2. The summed E-state index contributed by atoms with van der Waals surface area (Å²) in [6.07, 6.45) is 14.5. The fourth-order valence-corrected chi connectivity index (χ4v) is 4.39. The molecule has 1 aliphatic rings. The van der Waals surface area contributed by atoms with Crippen molar-refractivity contribution in [2.75, 3.05) is 0 Å². The Hall–Kier alpha value is 0.